The molecule has 7 rings (SSSR count). The molecule has 0 saturated heterocycles. The average Bonchev–Trinajstić information content (AvgIpc) is 3.38. The van der Waals surface area contributed by atoms with Crippen molar-refractivity contribution in [3.63, 3.8) is 0 Å². The van der Waals surface area contributed by atoms with Crippen molar-refractivity contribution in [2.75, 3.05) is 0 Å². The molecule has 0 amide bonds. The number of halogens is 6. The third kappa shape index (κ3) is 3.71. The second kappa shape index (κ2) is 10.1. The van der Waals surface area contributed by atoms with E-state index in [1.165, 1.54) is 24.3 Å². The molecule has 0 nitrogen and oxygen atoms in total. The lowest BCUT2D eigenvalue weighted by Crippen LogP contribution is -2.74. The van der Waals surface area contributed by atoms with Crippen LogP contribution < -0.4 is 20.7 Å². The minimum absolute atomic E-state index is 0.0521. The fourth-order valence-electron chi connectivity index (χ4n) is 6.46. The molecule has 0 atom stereocenters. The highest BCUT2D eigenvalue weighted by Crippen LogP contribution is 2.42. The van der Waals surface area contributed by atoms with Crippen molar-refractivity contribution in [1.82, 2.24) is 0 Å². The van der Waals surface area contributed by atoms with Gasteiger partial charge < -0.3 is 0 Å². The van der Waals surface area contributed by atoms with Gasteiger partial charge in [0, 0.05) is 21.5 Å². The summed E-state index contributed by atoms with van der Waals surface area (Å²) in [6.07, 6.45) is 0. The molecule has 0 fully saturated rings. The van der Waals surface area contributed by atoms with Crippen molar-refractivity contribution < 1.29 is 26.3 Å². The molecule has 0 saturated carbocycles. The van der Waals surface area contributed by atoms with Gasteiger partial charge >= 0.3 is 0 Å². The van der Waals surface area contributed by atoms with Crippen molar-refractivity contribution in [1.29, 1.82) is 0 Å². The lowest BCUT2D eigenvalue weighted by molar-refractivity contribution is 0.495. The number of hydrogen-bond donors (Lipinski definition) is 0. The minimum atomic E-state index is -4.32. The Morgan fingerprint density at radius 1 is 0.302 bits per heavy atom. The topological polar surface area (TPSA) is 0 Å². The van der Waals surface area contributed by atoms with Gasteiger partial charge in [0.2, 0.25) is 0 Å². The van der Waals surface area contributed by atoms with Crippen LogP contribution in [-0.2, 0) is 0 Å². The van der Waals surface area contributed by atoms with E-state index >= 15 is 26.3 Å². The van der Waals surface area contributed by atoms with Crippen LogP contribution in [0.2, 0.25) is 0 Å². The summed E-state index contributed by atoms with van der Waals surface area (Å²) >= 11 is 0. The van der Waals surface area contributed by atoms with Crippen molar-refractivity contribution in [3.8, 4) is 33.4 Å². The van der Waals surface area contributed by atoms with E-state index in [1.807, 2.05) is 0 Å². The van der Waals surface area contributed by atoms with Crippen LogP contribution in [0.15, 0.2) is 121 Å². The van der Waals surface area contributed by atoms with E-state index in [2.05, 4.69) is 0 Å². The van der Waals surface area contributed by atoms with Crippen LogP contribution >= 0.6 is 0 Å². The normalized spacial score (nSPS) is 13.1. The van der Waals surface area contributed by atoms with E-state index in [0.717, 1.165) is 0 Å². The van der Waals surface area contributed by atoms with Gasteiger partial charge in [0.05, 0.1) is 11.1 Å². The zero-order chi connectivity index (χ0) is 29.9. The third-order valence-corrected chi connectivity index (χ3v) is 13.0. The molecular formula is C36H20F6Si. The highest BCUT2D eigenvalue weighted by Gasteiger charge is 2.56. The Balaban J connectivity index is 1.76. The standard InChI is InChI=1S/C36H20F6Si/c37-29-25(21-13-5-1-6-14-21)33(41)35-27(31(29)39)28-32(40)30(38)26(22-15-7-2-8-16-22)34(42)36(28)43(35,23-17-9-3-10-18-23)24-19-11-4-12-20-24/h1-20H. The first-order valence-corrected chi connectivity index (χ1v) is 15.5. The van der Waals surface area contributed by atoms with E-state index < -0.39 is 65.2 Å². The molecule has 1 aliphatic heterocycles. The Hall–Kier alpha value is -4.88. The summed E-state index contributed by atoms with van der Waals surface area (Å²) in [7, 11) is -4.32. The predicted octanol–water partition coefficient (Wildman–Crippen LogP) is 7.21. The molecule has 1 aliphatic rings. The van der Waals surface area contributed by atoms with E-state index in [-0.39, 0.29) is 21.5 Å². The van der Waals surface area contributed by atoms with Crippen LogP contribution in [0.4, 0.5) is 26.3 Å². The van der Waals surface area contributed by atoms with Crippen LogP contribution in [0.3, 0.4) is 0 Å². The molecule has 0 unspecified atom stereocenters. The Labute approximate surface area is 244 Å². The molecule has 6 aromatic rings. The molecule has 0 spiro atoms. The second-order valence-corrected chi connectivity index (χ2v) is 14.0. The summed E-state index contributed by atoms with van der Waals surface area (Å²) in [6.45, 7) is 0. The second-order valence-electron chi connectivity index (χ2n) is 10.3. The zero-order valence-electron chi connectivity index (χ0n) is 22.3. The lowest BCUT2D eigenvalue weighted by atomic mass is 9.95. The van der Waals surface area contributed by atoms with E-state index in [1.54, 1.807) is 97.1 Å². The number of rotatable bonds is 4. The molecule has 6 aromatic carbocycles. The lowest BCUT2D eigenvalue weighted by Gasteiger charge is -2.32. The van der Waals surface area contributed by atoms with Gasteiger partial charge in [-0.2, -0.15) is 0 Å². The Morgan fingerprint density at radius 3 is 0.907 bits per heavy atom. The monoisotopic (exact) mass is 594 g/mol. The van der Waals surface area contributed by atoms with Gasteiger partial charge in [-0.25, -0.2) is 26.3 Å². The SMILES string of the molecule is Fc1c(F)c2c(c(F)c1-c1ccccc1)[Si](c1ccccc1)(c1ccccc1)c1c(F)c(-c3ccccc3)c(F)c(F)c1-2. The number of fused-ring (bicyclic) bond motifs is 3. The van der Waals surface area contributed by atoms with E-state index in [4.69, 9.17) is 0 Å². The van der Waals surface area contributed by atoms with E-state index in [0.29, 0.717) is 10.4 Å². The maximum Gasteiger partial charge on any atom is 0.188 e. The van der Waals surface area contributed by atoms with Gasteiger partial charge in [0.25, 0.3) is 0 Å². The predicted molar refractivity (Wildman–Crippen MR) is 160 cm³/mol. The Morgan fingerprint density at radius 2 is 0.581 bits per heavy atom. The molecule has 0 aromatic heterocycles. The average molecular weight is 595 g/mol. The van der Waals surface area contributed by atoms with Crippen LogP contribution in [-0.4, -0.2) is 8.07 Å². The first kappa shape index (κ1) is 27.0. The zero-order valence-corrected chi connectivity index (χ0v) is 23.3. The molecule has 0 radical (unpaired) electrons. The summed E-state index contributed by atoms with van der Waals surface area (Å²) < 4.78 is 99.1. The Bertz CT molecular complexity index is 1860. The third-order valence-electron chi connectivity index (χ3n) is 8.18. The molecule has 0 N–H and O–H groups in total. The largest absolute Gasteiger partial charge is 0.206 e. The number of hydrogen-bond acceptors (Lipinski definition) is 0. The summed E-state index contributed by atoms with van der Waals surface area (Å²) in [5.41, 5.74) is -2.79. The van der Waals surface area contributed by atoms with Crippen LogP contribution in [0.25, 0.3) is 33.4 Å². The number of benzene rings is 6. The fourth-order valence-corrected chi connectivity index (χ4v) is 11.7. The van der Waals surface area contributed by atoms with Gasteiger partial charge in [0.15, 0.2) is 31.3 Å². The quantitative estimate of drug-likeness (QED) is 0.115. The van der Waals surface area contributed by atoms with Crippen molar-refractivity contribution in [2.45, 2.75) is 0 Å². The van der Waals surface area contributed by atoms with Crippen LogP contribution in [0.5, 0.6) is 0 Å². The molecular weight excluding hydrogens is 574 g/mol. The van der Waals surface area contributed by atoms with Gasteiger partial charge in [-0.05, 0) is 21.5 Å². The molecule has 1 heterocycles. The molecule has 0 bridgehead atoms. The summed E-state index contributed by atoms with van der Waals surface area (Å²) in [5.74, 6) is -8.54. The summed E-state index contributed by atoms with van der Waals surface area (Å²) in [5, 5.41) is 0.0724. The highest BCUT2D eigenvalue weighted by molar-refractivity contribution is 7.22. The van der Waals surface area contributed by atoms with Crippen LogP contribution in [0.1, 0.15) is 0 Å². The summed E-state index contributed by atoms with van der Waals surface area (Å²) in [4.78, 5) is 0. The molecule has 0 aliphatic carbocycles. The van der Waals surface area contributed by atoms with E-state index in [9.17, 15) is 0 Å². The maximum atomic E-state index is 17.2. The van der Waals surface area contributed by atoms with Gasteiger partial charge in [-0.1, -0.05) is 121 Å². The smallest absolute Gasteiger partial charge is 0.188 e. The molecule has 43 heavy (non-hydrogen) atoms. The fraction of sp³-hybridized carbons (Fsp3) is 0. The maximum absolute atomic E-state index is 17.2. The first-order chi connectivity index (χ1) is 20.9. The highest BCUT2D eigenvalue weighted by atomic mass is 28.3. The first-order valence-electron chi connectivity index (χ1n) is 13.5. The van der Waals surface area contributed by atoms with Gasteiger partial charge in [0.1, 0.15) is 11.6 Å². The molecule has 7 heteroatoms. The summed E-state index contributed by atoms with van der Waals surface area (Å²) in [6, 6.07) is 31.8. The van der Waals surface area contributed by atoms with Crippen molar-refractivity contribution >= 4 is 28.8 Å². The van der Waals surface area contributed by atoms with Crippen molar-refractivity contribution in [3.05, 3.63) is 156 Å². The van der Waals surface area contributed by atoms with Gasteiger partial charge in [-0.15, -0.1) is 0 Å². The minimum Gasteiger partial charge on any atom is -0.206 e. The Kier molecular flexibility index (Phi) is 6.36. The van der Waals surface area contributed by atoms with Crippen molar-refractivity contribution in [2.24, 2.45) is 0 Å². The van der Waals surface area contributed by atoms with Gasteiger partial charge in [-0.3, -0.25) is 0 Å². The van der Waals surface area contributed by atoms with Crippen LogP contribution in [0, 0.1) is 34.9 Å². The molecule has 210 valence electrons.